The summed E-state index contributed by atoms with van der Waals surface area (Å²) in [5.74, 6) is 2.62. The maximum Gasteiger partial charge on any atom is 0.194 e. The maximum absolute atomic E-state index is 13.4. The van der Waals surface area contributed by atoms with Crippen LogP contribution in [0.3, 0.4) is 0 Å². The first-order valence-electron chi connectivity index (χ1n) is 12.5. The minimum atomic E-state index is -0.0268. The minimum Gasteiger partial charge on any atom is -0.289 e. The number of carbonyl (C=O) groups is 1. The van der Waals surface area contributed by atoms with Crippen molar-refractivity contribution >= 4 is 28.7 Å². The van der Waals surface area contributed by atoms with E-state index < -0.39 is 0 Å². The molecule has 0 radical (unpaired) electrons. The van der Waals surface area contributed by atoms with Gasteiger partial charge in [0.2, 0.25) is 0 Å². The zero-order valence-electron chi connectivity index (χ0n) is 20.9. The van der Waals surface area contributed by atoms with Crippen LogP contribution in [0.5, 0.6) is 0 Å². The van der Waals surface area contributed by atoms with Gasteiger partial charge < -0.3 is 0 Å². The number of hydrogen-bond acceptors (Lipinski definition) is 1. The quantitative estimate of drug-likeness (QED) is 0.162. The number of rotatable bonds is 11. The highest BCUT2D eigenvalue weighted by Gasteiger charge is 2.16. The van der Waals surface area contributed by atoms with Crippen molar-refractivity contribution < 1.29 is 4.79 Å². The van der Waals surface area contributed by atoms with E-state index in [0.29, 0.717) is 16.7 Å². The van der Waals surface area contributed by atoms with Gasteiger partial charge in [-0.3, -0.25) is 4.79 Å². The van der Waals surface area contributed by atoms with E-state index in [1.54, 1.807) is 0 Å². The number of hydrogen-bond donors (Lipinski definition) is 0. The molecule has 0 aliphatic carbocycles. The highest BCUT2D eigenvalue weighted by molar-refractivity contribution is 6.13. The summed E-state index contributed by atoms with van der Waals surface area (Å²) in [4.78, 5) is 13.4. The maximum atomic E-state index is 13.4. The summed E-state index contributed by atoms with van der Waals surface area (Å²) in [5.41, 5.74) is 6.67. The number of unbranched alkanes of at least 4 members (excludes halogenated alkanes) is 3. The summed E-state index contributed by atoms with van der Waals surface area (Å²) in [6.07, 6.45) is 18.4. The van der Waals surface area contributed by atoms with Crippen LogP contribution < -0.4 is 0 Å². The second-order valence-electron chi connectivity index (χ2n) is 9.08. The third-order valence-electron chi connectivity index (χ3n) is 6.49. The lowest BCUT2D eigenvalue weighted by Gasteiger charge is -2.13. The topological polar surface area (TPSA) is 17.1 Å². The second-order valence-corrected chi connectivity index (χ2v) is 9.08. The molecule has 34 heavy (non-hydrogen) atoms. The minimum absolute atomic E-state index is 0.0268. The molecule has 0 spiro atoms. The van der Waals surface area contributed by atoms with Gasteiger partial charge in [-0.15, -0.1) is 6.42 Å². The molecular formula is C33H36O. The Morgan fingerprint density at radius 2 is 1.59 bits per heavy atom. The molecule has 0 amide bonds. The molecule has 3 aromatic carbocycles. The van der Waals surface area contributed by atoms with Gasteiger partial charge in [0, 0.05) is 16.7 Å². The van der Waals surface area contributed by atoms with Crippen molar-refractivity contribution in [3.05, 3.63) is 94.1 Å². The predicted octanol–water partition coefficient (Wildman–Crippen LogP) is 9.16. The first-order chi connectivity index (χ1) is 16.5. The van der Waals surface area contributed by atoms with E-state index in [0.717, 1.165) is 34.7 Å². The van der Waals surface area contributed by atoms with Crippen LogP contribution in [-0.4, -0.2) is 5.78 Å². The lowest BCUT2D eigenvalue weighted by atomic mass is 9.91. The van der Waals surface area contributed by atoms with Crippen LogP contribution >= 0.6 is 0 Å². The van der Waals surface area contributed by atoms with Crippen LogP contribution in [0.1, 0.15) is 97.0 Å². The molecule has 0 atom stereocenters. The standard InChI is InChI=1S/C33H36O/c1-6-10-12-16-25(15-11-7-2)20-29-22-30-23-32(24(5)19-28(30)21-27(29)9-4)33(34)31-18-14-13-17-26(31)8-3/h3,9,13-14,17-23H,4,6-7,10-12,15-16H2,1-2,5H3/b25-20-. The monoisotopic (exact) mass is 448 g/mol. The van der Waals surface area contributed by atoms with Gasteiger partial charge >= 0.3 is 0 Å². The summed E-state index contributed by atoms with van der Waals surface area (Å²) >= 11 is 0. The van der Waals surface area contributed by atoms with Gasteiger partial charge in [0.25, 0.3) is 0 Å². The Labute approximate surface area is 205 Å². The zero-order valence-corrected chi connectivity index (χ0v) is 20.9. The molecule has 0 aromatic heterocycles. The Kier molecular flexibility index (Phi) is 9.06. The van der Waals surface area contributed by atoms with Crippen LogP contribution in [0.4, 0.5) is 0 Å². The number of fused-ring (bicyclic) bond motifs is 1. The fraction of sp³-hybridized carbons (Fsp3) is 0.303. The molecule has 0 N–H and O–H groups in total. The normalized spacial score (nSPS) is 11.4. The summed E-state index contributed by atoms with van der Waals surface area (Å²) in [5, 5.41) is 2.18. The molecule has 1 heteroatoms. The van der Waals surface area contributed by atoms with Gasteiger partial charge in [-0.1, -0.05) is 81.5 Å². The second kappa shape index (κ2) is 12.2. The van der Waals surface area contributed by atoms with Gasteiger partial charge in [-0.05, 0) is 90.4 Å². The van der Waals surface area contributed by atoms with Crippen LogP contribution in [0.2, 0.25) is 0 Å². The average Bonchev–Trinajstić information content (AvgIpc) is 2.86. The SMILES string of the molecule is C#Cc1ccccc1C(=O)c1cc2cc(/C=C(/CCCC)CCCCC)c(C=C)cc2cc1C. The molecule has 174 valence electrons. The van der Waals surface area contributed by atoms with Crippen molar-refractivity contribution in [2.24, 2.45) is 0 Å². The molecule has 0 heterocycles. The van der Waals surface area contributed by atoms with Crippen molar-refractivity contribution in [1.29, 1.82) is 0 Å². The number of allylic oxidation sites excluding steroid dienone is 1. The van der Waals surface area contributed by atoms with E-state index in [4.69, 9.17) is 6.42 Å². The van der Waals surface area contributed by atoms with E-state index in [9.17, 15) is 4.79 Å². The van der Waals surface area contributed by atoms with Gasteiger partial charge in [-0.25, -0.2) is 0 Å². The summed E-state index contributed by atoms with van der Waals surface area (Å²) in [6, 6.07) is 15.9. The van der Waals surface area contributed by atoms with Crippen LogP contribution in [0, 0.1) is 19.3 Å². The molecule has 1 nitrogen and oxygen atoms in total. The van der Waals surface area contributed by atoms with Crippen LogP contribution in [0.15, 0.2) is 60.7 Å². The van der Waals surface area contributed by atoms with Gasteiger partial charge in [0.15, 0.2) is 5.78 Å². The largest absolute Gasteiger partial charge is 0.289 e. The number of carbonyl (C=O) groups excluding carboxylic acids is 1. The molecular weight excluding hydrogens is 412 g/mol. The third-order valence-corrected chi connectivity index (χ3v) is 6.49. The molecule has 3 rings (SSSR count). The van der Waals surface area contributed by atoms with Gasteiger partial charge in [-0.2, -0.15) is 0 Å². The van der Waals surface area contributed by atoms with Crippen LogP contribution in [0.25, 0.3) is 22.9 Å². The van der Waals surface area contributed by atoms with Gasteiger partial charge in [0.05, 0.1) is 0 Å². The third kappa shape index (κ3) is 5.95. The van der Waals surface area contributed by atoms with E-state index in [1.165, 1.54) is 43.2 Å². The van der Waals surface area contributed by atoms with Crippen LogP contribution in [-0.2, 0) is 0 Å². The number of ketones is 1. The van der Waals surface area contributed by atoms with Crippen molar-refractivity contribution in [3.63, 3.8) is 0 Å². The molecule has 0 bridgehead atoms. The van der Waals surface area contributed by atoms with E-state index >= 15 is 0 Å². The number of benzene rings is 3. The predicted molar refractivity (Wildman–Crippen MR) is 148 cm³/mol. The molecule has 0 aliphatic heterocycles. The Morgan fingerprint density at radius 3 is 2.29 bits per heavy atom. The molecule has 0 aliphatic rings. The highest BCUT2D eigenvalue weighted by atomic mass is 16.1. The average molecular weight is 449 g/mol. The molecule has 3 aromatic rings. The van der Waals surface area contributed by atoms with E-state index in [2.05, 4.69) is 50.6 Å². The fourth-order valence-electron chi connectivity index (χ4n) is 4.49. The number of terminal acetylenes is 1. The van der Waals surface area contributed by atoms with Gasteiger partial charge in [0.1, 0.15) is 0 Å². The van der Waals surface area contributed by atoms with Crippen molar-refractivity contribution in [3.8, 4) is 12.3 Å². The van der Waals surface area contributed by atoms with E-state index in [1.807, 2.05) is 43.3 Å². The van der Waals surface area contributed by atoms with Crippen molar-refractivity contribution in [2.75, 3.05) is 0 Å². The molecule has 0 fully saturated rings. The summed E-state index contributed by atoms with van der Waals surface area (Å²) in [7, 11) is 0. The molecule has 0 saturated heterocycles. The first kappa shape index (κ1) is 25.3. The fourth-order valence-corrected chi connectivity index (χ4v) is 4.49. The van der Waals surface area contributed by atoms with Crippen molar-refractivity contribution in [2.45, 2.75) is 65.7 Å². The molecule has 0 saturated carbocycles. The Hall–Kier alpha value is -3.37. The van der Waals surface area contributed by atoms with E-state index in [-0.39, 0.29) is 5.78 Å². The highest BCUT2D eigenvalue weighted by Crippen LogP contribution is 2.29. The first-order valence-corrected chi connectivity index (χ1v) is 12.5. The zero-order chi connectivity index (χ0) is 24.5. The Balaban J connectivity index is 2.08. The lowest BCUT2D eigenvalue weighted by Crippen LogP contribution is -2.06. The number of aryl methyl sites for hydroxylation is 1. The lowest BCUT2D eigenvalue weighted by molar-refractivity contribution is 0.103. The molecule has 0 unspecified atom stereocenters. The Morgan fingerprint density at radius 1 is 0.912 bits per heavy atom. The summed E-state index contributed by atoms with van der Waals surface area (Å²) < 4.78 is 0. The van der Waals surface area contributed by atoms with Crippen molar-refractivity contribution in [1.82, 2.24) is 0 Å². The smallest absolute Gasteiger partial charge is 0.194 e. The Bertz CT molecular complexity index is 1250. The summed E-state index contributed by atoms with van der Waals surface area (Å²) in [6.45, 7) is 10.5.